The third kappa shape index (κ3) is 4.58. The summed E-state index contributed by atoms with van der Waals surface area (Å²) in [6, 6.07) is 0. The number of hydrogen-bond donors (Lipinski definition) is 0. The first kappa shape index (κ1) is 9.72. The smallest absolute Gasteiger partial charge is 0.320 e. The van der Waals surface area contributed by atoms with Crippen molar-refractivity contribution in [3.05, 3.63) is 0 Å². The first-order valence-electron chi connectivity index (χ1n) is 2.51. The molecule has 5 heteroatoms. The second-order valence-electron chi connectivity index (χ2n) is 1.47. The molecule has 0 rings (SSSR count). The first-order valence-corrected chi connectivity index (χ1v) is 3.48. The minimum Gasteiger partial charge on any atom is -0.463 e. The van der Waals surface area contributed by atoms with Crippen molar-refractivity contribution in [2.24, 2.45) is 0 Å². The number of carbonyl (C=O) groups excluding carboxylic acids is 2. The average molecular weight is 185 g/mol. The van der Waals surface area contributed by atoms with E-state index < -0.39 is 11.3 Å². The number of carbonyl (C=O) groups is 2. The molecular weight excluding hydrogens is 179 g/mol. The number of halogens is 2. The van der Waals surface area contributed by atoms with Crippen LogP contribution in [0.15, 0.2) is 0 Å². The summed E-state index contributed by atoms with van der Waals surface area (Å²) in [4.78, 5) is 20.2. The normalized spacial score (nSPS) is 12.2. The molecule has 0 aliphatic heterocycles. The molecule has 0 radical (unpaired) electrons. The minimum absolute atomic E-state index is 0.114. The highest BCUT2D eigenvalue weighted by Gasteiger charge is 2.05. The topological polar surface area (TPSA) is 43.4 Å². The molecule has 0 N–H and O–H groups in total. The van der Waals surface area contributed by atoms with Gasteiger partial charge >= 0.3 is 5.97 Å². The summed E-state index contributed by atoms with van der Waals surface area (Å²) in [5.41, 5.74) is 0. The fourth-order valence-electron chi connectivity index (χ4n) is 0.250. The predicted octanol–water partition coefficient (Wildman–Crippen LogP) is 0.575. The van der Waals surface area contributed by atoms with Gasteiger partial charge in [-0.15, -0.1) is 23.2 Å². The molecule has 0 aromatic heterocycles. The van der Waals surface area contributed by atoms with Crippen LogP contribution < -0.4 is 0 Å². The maximum Gasteiger partial charge on any atom is 0.320 e. The molecule has 3 nitrogen and oxygen atoms in total. The van der Waals surface area contributed by atoms with E-state index in [-0.39, 0.29) is 12.5 Å². The fraction of sp³-hybridized carbons (Fsp3) is 0.600. The molecule has 0 aliphatic carbocycles. The van der Waals surface area contributed by atoms with E-state index in [1.165, 1.54) is 0 Å². The summed E-state index contributed by atoms with van der Waals surface area (Å²) in [5, 5.41) is -0.771. The van der Waals surface area contributed by atoms with Gasteiger partial charge in [-0.3, -0.25) is 4.79 Å². The molecule has 0 aromatic rings. The van der Waals surface area contributed by atoms with Crippen LogP contribution >= 0.6 is 23.2 Å². The molecule has 0 saturated heterocycles. The van der Waals surface area contributed by atoms with Crippen molar-refractivity contribution in [3.63, 3.8) is 0 Å². The average Bonchev–Trinajstić information content (AvgIpc) is 1.99. The molecule has 0 aliphatic rings. The molecule has 58 valence electrons. The third-order valence-electron chi connectivity index (χ3n) is 0.660. The van der Waals surface area contributed by atoms with Crippen LogP contribution in [0.25, 0.3) is 0 Å². The number of aldehydes is 1. The summed E-state index contributed by atoms with van der Waals surface area (Å²) >= 11 is 10.4. The number of rotatable bonds is 4. The molecular formula is C5H6Cl2O3. The standard InChI is InChI=1S/C5H6Cl2O3/c6-1-5(9)10-3-4(7)2-8/h2,4H,1,3H2. The number of esters is 1. The van der Waals surface area contributed by atoms with Gasteiger partial charge in [0.15, 0.2) is 0 Å². The Morgan fingerprint density at radius 2 is 2.30 bits per heavy atom. The zero-order valence-electron chi connectivity index (χ0n) is 5.05. The van der Waals surface area contributed by atoms with Crippen molar-refractivity contribution in [2.45, 2.75) is 5.38 Å². The molecule has 0 heterocycles. The monoisotopic (exact) mass is 184 g/mol. The van der Waals surface area contributed by atoms with E-state index in [2.05, 4.69) is 4.74 Å². The highest BCUT2D eigenvalue weighted by atomic mass is 35.5. The lowest BCUT2D eigenvalue weighted by Gasteiger charge is -2.01. The van der Waals surface area contributed by atoms with E-state index in [9.17, 15) is 9.59 Å². The van der Waals surface area contributed by atoms with Gasteiger partial charge in [0.1, 0.15) is 24.2 Å². The van der Waals surface area contributed by atoms with Crippen LogP contribution in [0.3, 0.4) is 0 Å². The molecule has 1 atom stereocenters. The molecule has 1 unspecified atom stereocenters. The van der Waals surface area contributed by atoms with Gasteiger partial charge < -0.3 is 9.53 Å². The second kappa shape index (κ2) is 5.50. The van der Waals surface area contributed by atoms with Crippen LogP contribution in [0.2, 0.25) is 0 Å². The van der Waals surface area contributed by atoms with Gasteiger partial charge in [-0.05, 0) is 0 Å². The zero-order valence-corrected chi connectivity index (χ0v) is 6.56. The summed E-state index contributed by atoms with van der Waals surface area (Å²) < 4.78 is 4.41. The molecule has 0 aromatic carbocycles. The number of alkyl halides is 2. The summed E-state index contributed by atoms with van der Waals surface area (Å²) in [7, 11) is 0. The van der Waals surface area contributed by atoms with E-state index in [1.54, 1.807) is 0 Å². The van der Waals surface area contributed by atoms with E-state index in [0.717, 1.165) is 0 Å². The highest BCUT2D eigenvalue weighted by Crippen LogP contribution is 1.92. The quantitative estimate of drug-likeness (QED) is 0.365. The lowest BCUT2D eigenvalue weighted by molar-refractivity contribution is -0.140. The van der Waals surface area contributed by atoms with Crippen LogP contribution in [0.5, 0.6) is 0 Å². The van der Waals surface area contributed by atoms with Crippen LogP contribution in [0, 0.1) is 0 Å². The van der Waals surface area contributed by atoms with Crippen LogP contribution in [-0.4, -0.2) is 30.1 Å². The Bertz CT molecular complexity index is 126. The van der Waals surface area contributed by atoms with Crippen molar-refractivity contribution in [2.75, 3.05) is 12.5 Å². The molecule has 10 heavy (non-hydrogen) atoms. The SMILES string of the molecule is O=CC(Cl)COC(=O)CCl. The van der Waals surface area contributed by atoms with Crippen molar-refractivity contribution in [3.8, 4) is 0 Å². The number of ether oxygens (including phenoxy) is 1. The van der Waals surface area contributed by atoms with Gasteiger partial charge in [-0.2, -0.15) is 0 Å². The molecule has 0 bridgehead atoms. The van der Waals surface area contributed by atoms with Gasteiger partial charge in [-0.25, -0.2) is 0 Å². The summed E-state index contributed by atoms with van der Waals surface area (Å²) in [6.45, 7) is -0.114. The molecule has 0 amide bonds. The predicted molar refractivity (Wildman–Crippen MR) is 37.4 cm³/mol. The maximum atomic E-state index is 10.3. The third-order valence-corrected chi connectivity index (χ3v) is 1.11. The Kier molecular flexibility index (Phi) is 5.35. The Hall–Kier alpha value is -0.280. The molecule has 0 fully saturated rings. The number of hydrogen-bond acceptors (Lipinski definition) is 3. The van der Waals surface area contributed by atoms with Gasteiger partial charge in [0.25, 0.3) is 0 Å². The lowest BCUT2D eigenvalue weighted by Crippen LogP contribution is -2.15. The maximum absolute atomic E-state index is 10.3. The lowest BCUT2D eigenvalue weighted by atomic mass is 10.5. The Labute approximate surface area is 68.2 Å². The van der Waals surface area contributed by atoms with Crippen molar-refractivity contribution < 1.29 is 14.3 Å². The van der Waals surface area contributed by atoms with Crippen LogP contribution in [0.1, 0.15) is 0 Å². The van der Waals surface area contributed by atoms with Gasteiger partial charge in [-0.1, -0.05) is 0 Å². The van der Waals surface area contributed by atoms with Gasteiger partial charge in [0.05, 0.1) is 0 Å². The van der Waals surface area contributed by atoms with Crippen molar-refractivity contribution >= 4 is 35.5 Å². The summed E-state index contributed by atoms with van der Waals surface area (Å²) in [6.07, 6.45) is 0.489. The highest BCUT2D eigenvalue weighted by molar-refractivity contribution is 6.28. The minimum atomic E-state index is -0.771. The molecule has 0 saturated carbocycles. The van der Waals surface area contributed by atoms with Crippen LogP contribution in [-0.2, 0) is 14.3 Å². The summed E-state index contributed by atoms with van der Waals surface area (Å²) in [5.74, 6) is -0.795. The van der Waals surface area contributed by atoms with E-state index in [4.69, 9.17) is 23.2 Å². The van der Waals surface area contributed by atoms with Gasteiger partial charge in [0, 0.05) is 0 Å². The van der Waals surface area contributed by atoms with Crippen molar-refractivity contribution in [1.29, 1.82) is 0 Å². The molecule has 0 spiro atoms. The first-order chi connectivity index (χ1) is 4.70. The van der Waals surface area contributed by atoms with Gasteiger partial charge in [0.2, 0.25) is 0 Å². The van der Waals surface area contributed by atoms with Crippen LogP contribution in [0.4, 0.5) is 0 Å². The zero-order chi connectivity index (χ0) is 7.98. The fourth-order valence-corrected chi connectivity index (χ4v) is 0.391. The second-order valence-corrected chi connectivity index (χ2v) is 2.30. The van der Waals surface area contributed by atoms with Crippen molar-refractivity contribution in [1.82, 2.24) is 0 Å². The Morgan fingerprint density at radius 3 is 2.70 bits per heavy atom. The van der Waals surface area contributed by atoms with E-state index in [1.807, 2.05) is 0 Å². The largest absolute Gasteiger partial charge is 0.463 e. The Morgan fingerprint density at radius 1 is 1.70 bits per heavy atom. The van der Waals surface area contributed by atoms with E-state index in [0.29, 0.717) is 6.29 Å². The van der Waals surface area contributed by atoms with E-state index >= 15 is 0 Å². The Balaban J connectivity index is 3.34.